The number of carbonyl (C=O) groups is 1. The van der Waals surface area contributed by atoms with Crippen LogP contribution >= 0.6 is 12.4 Å². The van der Waals surface area contributed by atoms with Gasteiger partial charge in [-0.15, -0.1) is 12.4 Å². The number of hydrogen-bond donors (Lipinski definition) is 1. The van der Waals surface area contributed by atoms with Crippen molar-refractivity contribution in [2.45, 2.75) is 37.0 Å². The molecule has 94 valence electrons. The number of nitrogens with two attached hydrogens (primary N) is 1. The first-order chi connectivity index (χ1) is 7.10. The molecule has 0 bridgehead atoms. The first kappa shape index (κ1) is 13.7. The van der Waals surface area contributed by atoms with Gasteiger partial charge in [0.2, 0.25) is 0 Å². The van der Waals surface area contributed by atoms with Crippen LogP contribution in [0.4, 0.5) is 0 Å². The van der Waals surface area contributed by atoms with E-state index in [1.807, 2.05) is 0 Å². The molecule has 1 saturated heterocycles. The number of ether oxygens (including phenoxy) is 3. The van der Waals surface area contributed by atoms with Gasteiger partial charge in [0.05, 0.1) is 20.3 Å². The van der Waals surface area contributed by atoms with E-state index >= 15 is 0 Å². The molecule has 1 aliphatic carbocycles. The van der Waals surface area contributed by atoms with E-state index in [1.54, 1.807) is 0 Å². The van der Waals surface area contributed by atoms with Crippen molar-refractivity contribution in [3.8, 4) is 0 Å². The SMILES string of the molecule is COC(=O)C1(N)CCC2(CC1)OCCO2.Cl. The van der Waals surface area contributed by atoms with Crippen molar-refractivity contribution in [3.05, 3.63) is 0 Å². The second-order valence-electron chi connectivity index (χ2n) is 4.26. The third-order valence-electron chi connectivity index (χ3n) is 3.31. The lowest BCUT2D eigenvalue weighted by atomic mass is 9.79. The van der Waals surface area contributed by atoms with Crippen molar-refractivity contribution in [1.29, 1.82) is 0 Å². The van der Waals surface area contributed by atoms with Crippen LogP contribution in [0.3, 0.4) is 0 Å². The fourth-order valence-corrected chi connectivity index (χ4v) is 2.27. The van der Waals surface area contributed by atoms with Crippen LogP contribution in [-0.2, 0) is 19.0 Å². The molecule has 1 saturated carbocycles. The summed E-state index contributed by atoms with van der Waals surface area (Å²) in [6.45, 7) is 1.27. The Morgan fingerprint density at radius 3 is 2.12 bits per heavy atom. The minimum Gasteiger partial charge on any atom is -0.468 e. The molecule has 0 aromatic carbocycles. The zero-order valence-corrected chi connectivity index (χ0v) is 10.2. The molecular weight excluding hydrogens is 234 g/mol. The summed E-state index contributed by atoms with van der Waals surface area (Å²) in [5.74, 6) is -0.813. The Hall–Kier alpha value is -0.360. The topological polar surface area (TPSA) is 70.8 Å². The zero-order valence-electron chi connectivity index (χ0n) is 9.36. The first-order valence-corrected chi connectivity index (χ1v) is 5.25. The van der Waals surface area contributed by atoms with Gasteiger partial charge in [0.25, 0.3) is 0 Å². The molecule has 0 unspecified atom stereocenters. The summed E-state index contributed by atoms with van der Waals surface area (Å²) < 4.78 is 15.8. The van der Waals surface area contributed by atoms with Crippen LogP contribution in [0.5, 0.6) is 0 Å². The van der Waals surface area contributed by atoms with Gasteiger partial charge in [-0.05, 0) is 12.8 Å². The summed E-state index contributed by atoms with van der Waals surface area (Å²) in [6.07, 6.45) is 2.44. The summed E-state index contributed by atoms with van der Waals surface area (Å²) in [5, 5.41) is 0. The third kappa shape index (κ3) is 2.32. The molecule has 1 aliphatic heterocycles. The van der Waals surface area contributed by atoms with Crippen LogP contribution in [0.25, 0.3) is 0 Å². The second-order valence-corrected chi connectivity index (χ2v) is 4.26. The quantitative estimate of drug-likeness (QED) is 0.691. The van der Waals surface area contributed by atoms with Crippen molar-refractivity contribution in [3.63, 3.8) is 0 Å². The Kier molecular flexibility index (Phi) is 4.17. The van der Waals surface area contributed by atoms with E-state index in [0.29, 0.717) is 38.9 Å². The smallest absolute Gasteiger partial charge is 0.325 e. The minimum absolute atomic E-state index is 0. The van der Waals surface area contributed by atoms with Gasteiger partial charge in [0, 0.05) is 12.8 Å². The summed E-state index contributed by atoms with van der Waals surface area (Å²) >= 11 is 0. The van der Waals surface area contributed by atoms with Gasteiger partial charge in [-0.2, -0.15) is 0 Å². The molecular formula is C10H18ClNO4. The van der Waals surface area contributed by atoms with Crippen LogP contribution in [0.15, 0.2) is 0 Å². The molecule has 5 nitrogen and oxygen atoms in total. The third-order valence-corrected chi connectivity index (χ3v) is 3.31. The first-order valence-electron chi connectivity index (χ1n) is 5.25. The Labute approximate surface area is 101 Å². The monoisotopic (exact) mass is 251 g/mol. The van der Waals surface area contributed by atoms with Crippen molar-refractivity contribution in [2.24, 2.45) is 5.73 Å². The van der Waals surface area contributed by atoms with E-state index in [2.05, 4.69) is 0 Å². The molecule has 6 heteroatoms. The summed E-state index contributed by atoms with van der Waals surface area (Å²) in [7, 11) is 1.36. The van der Waals surface area contributed by atoms with Gasteiger partial charge in [0.1, 0.15) is 5.54 Å². The standard InChI is InChI=1S/C10H17NO4.ClH/c1-13-8(12)9(11)2-4-10(5-3-9)14-6-7-15-10;/h2-7,11H2,1H3;1H. The molecule has 1 spiro atoms. The van der Waals surface area contributed by atoms with E-state index < -0.39 is 11.3 Å². The predicted octanol–water partition coefficient (Wildman–Crippen LogP) is 0.596. The molecule has 0 aromatic heterocycles. The molecule has 2 fully saturated rings. The lowest BCUT2D eigenvalue weighted by Crippen LogP contribution is -2.54. The summed E-state index contributed by atoms with van der Waals surface area (Å²) in [5.41, 5.74) is 5.13. The van der Waals surface area contributed by atoms with Crippen LogP contribution in [0, 0.1) is 0 Å². The molecule has 2 N–H and O–H groups in total. The molecule has 1 heterocycles. The van der Waals surface area contributed by atoms with Crippen LogP contribution in [-0.4, -0.2) is 37.6 Å². The molecule has 2 rings (SSSR count). The van der Waals surface area contributed by atoms with E-state index in [-0.39, 0.29) is 18.4 Å². The lowest BCUT2D eigenvalue weighted by molar-refractivity contribution is -0.189. The average molecular weight is 252 g/mol. The fourth-order valence-electron chi connectivity index (χ4n) is 2.27. The number of hydrogen-bond acceptors (Lipinski definition) is 5. The van der Waals surface area contributed by atoms with Gasteiger partial charge in [-0.3, -0.25) is 4.79 Å². The average Bonchev–Trinajstić information content (AvgIpc) is 2.71. The van der Waals surface area contributed by atoms with Crippen molar-refractivity contribution < 1.29 is 19.0 Å². The number of halogens is 1. The molecule has 2 aliphatic rings. The number of rotatable bonds is 1. The van der Waals surface area contributed by atoms with Crippen molar-refractivity contribution >= 4 is 18.4 Å². The highest BCUT2D eigenvalue weighted by Crippen LogP contribution is 2.39. The van der Waals surface area contributed by atoms with Gasteiger partial charge < -0.3 is 19.9 Å². The highest BCUT2D eigenvalue weighted by atomic mass is 35.5. The lowest BCUT2D eigenvalue weighted by Gasteiger charge is -2.39. The molecule has 0 atom stereocenters. The van der Waals surface area contributed by atoms with Crippen LogP contribution in [0.1, 0.15) is 25.7 Å². The van der Waals surface area contributed by atoms with Crippen molar-refractivity contribution in [1.82, 2.24) is 0 Å². The van der Waals surface area contributed by atoms with E-state index in [0.717, 1.165) is 0 Å². The highest BCUT2D eigenvalue weighted by molar-refractivity contribution is 5.85. The normalized spacial score (nSPS) is 26.1. The highest BCUT2D eigenvalue weighted by Gasteiger charge is 2.48. The van der Waals surface area contributed by atoms with E-state index in [9.17, 15) is 4.79 Å². The predicted molar refractivity (Wildman–Crippen MR) is 59.3 cm³/mol. The van der Waals surface area contributed by atoms with E-state index in [4.69, 9.17) is 19.9 Å². The largest absolute Gasteiger partial charge is 0.468 e. The second kappa shape index (κ2) is 4.87. The van der Waals surface area contributed by atoms with Gasteiger partial charge in [-0.1, -0.05) is 0 Å². The molecule has 0 radical (unpaired) electrons. The minimum atomic E-state index is -0.852. The molecule has 0 aromatic rings. The Bertz CT molecular complexity index is 256. The number of methoxy groups -OCH3 is 1. The van der Waals surface area contributed by atoms with Crippen LogP contribution in [0.2, 0.25) is 0 Å². The summed E-state index contributed by atoms with van der Waals surface area (Å²) in [4.78, 5) is 11.5. The Balaban J connectivity index is 0.00000128. The van der Waals surface area contributed by atoms with Crippen molar-refractivity contribution in [2.75, 3.05) is 20.3 Å². The maximum Gasteiger partial charge on any atom is 0.325 e. The van der Waals surface area contributed by atoms with Gasteiger partial charge in [-0.25, -0.2) is 0 Å². The fraction of sp³-hybridized carbons (Fsp3) is 0.900. The Morgan fingerprint density at radius 2 is 1.69 bits per heavy atom. The van der Waals surface area contributed by atoms with Crippen LogP contribution < -0.4 is 5.73 Å². The number of esters is 1. The number of carbonyl (C=O) groups excluding carboxylic acids is 1. The summed E-state index contributed by atoms with van der Waals surface area (Å²) in [6, 6.07) is 0. The zero-order chi connectivity index (χ0) is 10.9. The van der Waals surface area contributed by atoms with Gasteiger partial charge in [0.15, 0.2) is 5.79 Å². The molecule has 16 heavy (non-hydrogen) atoms. The Morgan fingerprint density at radius 1 is 1.19 bits per heavy atom. The molecule has 0 amide bonds. The van der Waals surface area contributed by atoms with Gasteiger partial charge >= 0.3 is 5.97 Å². The van der Waals surface area contributed by atoms with E-state index in [1.165, 1.54) is 7.11 Å². The maximum absolute atomic E-state index is 11.5. The maximum atomic E-state index is 11.5.